The van der Waals surface area contributed by atoms with Crippen LogP contribution in [0.5, 0.6) is 11.5 Å². The normalized spacial score (nSPS) is 11.5. The van der Waals surface area contributed by atoms with Crippen molar-refractivity contribution in [1.82, 2.24) is 10.3 Å². The number of pyridine rings is 1. The first kappa shape index (κ1) is 14.8. The Kier molecular flexibility index (Phi) is 5.15. The minimum absolute atomic E-state index is 0.135. The molecule has 1 atom stereocenters. The van der Waals surface area contributed by atoms with E-state index in [1.807, 2.05) is 31.2 Å². The number of nitrogens with zero attached hydrogens (tertiary/aromatic N) is 1. The van der Waals surface area contributed by atoms with E-state index in [-0.39, 0.29) is 12.0 Å². The zero-order chi connectivity index (χ0) is 15.1. The fourth-order valence-corrected chi connectivity index (χ4v) is 1.77. The number of hydrogen-bond donors (Lipinski definition) is 1. The Morgan fingerprint density at radius 2 is 1.76 bits per heavy atom. The van der Waals surface area contributed by atoms with E-state index in [2.05, 4.69) is 10.3 Å². The topological polar surface area (TPSA) is 60.5 Å². The van der Waals surface area contributed by atoms with Crippen LogP contribution in [0.4, 0.5) is 0 Å². The van der Waals surface area contributed by atoms with Crippen molar-refractivity contribution >= 4 is 5.91 Å². The summed E-state index contributed by atoms with van der Waals surface area (Å²) in [5.74, 6) is 1.38. The van der Waals surface area contributed by atoms with E-state index in [0.717, 1.165) is 11.5 Å². The summed E-state index contributed by atoms with van der Waals surface area (Å²) in [4.78, 5) is 15.8. The third-order valence-electron chi connectivity index (χ3n) is 2.89. The summed E-state index contributed by atoms with van der Waals surface area (Å²) in [6.07, 6.45) is 3.04. The van der Waals surface area contributed by atoms with Crippen molar-refractivity contribution in [1.29, 1.82) is 0 Å². The number of carbonyl (C=O) groups excluding carboxylic acids is 1. The molecule has 1 aromatic heterocycles. The van der Waals surface area contributed by atoms with Gasteiger partial charge in [-0.05, 0) is 43.3 Å². The molecule has 0 fully saturated rings. The van der Waals surface area contributed by atoms with Crippen LogP contribution in [0.15, 0.2) is 48.8 Å². The van der Waals surface area contributed by atoms with E-state index in [4.69, 9.17) is 9.47 Å². The Morgan fingerprint density at radius 1 is 1.14 bits per heavy atom. The Balaban J connectivity index is 1.81. The van der Waals surface area contributed by atoms with E-state index >= 15 is 0 Å². The highest BCUT2D eigenvalue weighted by molar-refractivity contribution is 5.93. The Morgan fingerprint density at radius 3 is 2.38 bits per heavy atom. The number of aromatic nitrogens is 1. The van der Waals surface area contributed by atoms with Gasteiger partial charge in [-0.1, -0.05) is 0 Å². The summed E-state index contributed by atoms with van der Waals surface area (Å²) >= 11 is 0. The van der Waals surface area contributed by atoms with E-state index < -0.39 is 0 Å². The maximum absolute atomic E-state index is 11.9. The van der Waals surface area contributed by atoms with Crippen molar-refractivity contribution in [3.8, 4) is 11.5 Å². The quantitative estimate of drug-likeness (QED) is 0.885. The molecule has 1 amide bonds. The first-order valence-electron chi connectivity index (χ1n) is 6.68. The van der Waals surface area contributed by atoms with Crippen molar-refractivity contribution in [2.75, 3.05) is 13.7 Å². The summed E-state index contributed by atoms with van der Waals surface area (Å²) in [5.41, 5.74) is 0.585. The highest BCUT2D eigenvalue weighted by atomic mass is 16.5. The minimum Gasteiger partial charge on any atom is -0.497 e. The lowest BCUT2D eigenvalue weighted by molar-refractivity contribution is 0.0932. The van der Waals surface area contributed by atoms with Crippen molar-refractivity contribution < 1.29 is 14.3 Å². The number of ether oxygens (including phenoxy) is 2. The molecule has 0 bridgehead atoms. The summed E-state index contributed by atoms with van der Waals surface area (Å²) in [7, 11) is 1.62. The van der Waals surface area contributed by atoms with Gasteiger partial charge < -0.3 is 14.8 Å². The maximum Gasteiger partial charge on any atom is 0.251 e. The fraction of sp³-hybridized carbons (Fsp3) is 0.250. The predicted molar refractivity (Wildman–Crippen MR) is 79.7 cm³/mol. The lowest BCUT2D eigenvalue weighted by Crippen LogP contribution is -2.33. The average molecular weight is 286 g/mol. The van der Waals surface area contributed by atoms with Crippen molar-refractivity contribution in [3.63, 3.8) is 0 Å². The number of methoxy groups -OCH3 is 1. The Hall–Kier alpha value is -2.56. The third-order valence-corrected chi connectivity index (χ3v) is 2.89. The van der Waals surface area contributed by atoms with Crippen LogP contribution in [0.2, 0.25) is 0 Å². The van der Waals surface area contributed by atoms with Crippen LogP contribution >= 0.6 is 0 Å². The van der Waals surface area contributed by atoms with Crippen LogP contribution in [-0.4, -0.2) is 30.6 Å². The molecule has 0 radical (unpaired) electrons. The third kappa shape index (κ3) is 4.49. The maximum atomic E-state index is 11.9. The highest BCUT2D eigenvalue weighted by Gasteiger charge is 2.08. The molecule has 0 spiro atoms. The fourth-order valence-electron chi connectivity index (χ4n) is 1.77. The predicted octanol–water partition coefficient (Wildman–Crippen LogP) is 2.29. The van der Waals surface area contributed by atoms with Crippen LogP contribution in [0.3, 0.4) is 0 Å². The molecule has 0 saturated carbocycles. The van der Waals surface area contributed by atoms with E-state index in [1.54, 1.807) is 31.6 Å². The molecular weight excluding hydrogens is 268 g/mol. The second-order valence-corrected chi connectivity index (χ2v) is 4.55. The molecule has 5 nitrogen and oxygen atoms in total. The monoisotopic (exact) mass is 286 g/mol. The highest BCUT2D eigenvalue weighted by Crippen LogP contribution is 2.17. The van der Waals surface area contributed by atoms with Gasteiger partial charge in [0.05, 0.1) is 13.7 Å². The molecular formula is C16H18N2O3. The van der Waals surface area contributed by atoms with Crippen LogP contribution in [-0.2, 0) is 0 Å². The summed E-state index contributed by atoms with van der Waals surface area (Å²) in [6, 6.07) is 10.7. The van der Waals surface area contributed by atoms with Gasteiger partial charge >= 0.3 is 0 Å². The first-order valence-corrected chi connectivity index (χ1v) is 6.68. The van der Waals surface area contributed by atoms with Gasteiger partial charge in [-0.25, -0.2) is 0 Å². The zero-order valence-electron chi connectivity index (χ0n) is 12.1. The standard InChI is InChI=1S/C16H18N2O3/c1-12(21-15-5-3-14(20-2)4-6-15)11-18-16(19)13-7-9-17-10-8-13/h3-10,12H,11H2,1-2H3,(H,18,19)/t12-/m1/s1. The minimum atomic E-state index is -0.136. The SMILES string of the molecule is COc1ccc(O[C@H](C)CNC(=O)c2ccncc2)cc1. The molecule has 5 heteroatoms. The van der Waals surface area contributed by atoms with Crippen LogP contribution in [0, 0.1) is 0 Å². The molecule has 2 rings (SSSR count). The lowest BCUT2D eigenvalue weighted by Gasteiger charge is -2.15. The molecule has 0 aliphatic carbocycles. The lowest BCUT2D eigenvalue weighted by atomic mass is 10.2. The molecule has 2 aromatic rings. The molecule has 21 heavy (non-hydrogen) atoms. The Labute approximate surface area is 123 Å². The first-order chi connectivity index (χ1) is 10.2. The van der Waals surface area contributed by atoms with E-state index in [1.165, 1.54) is 0 Å². The molecule has 1 heterocycles. The number of carbonyl (C=O) groups is 1. The number of rotatable bonds is 6. The van der Waals surface area contributed by atoms with Crippen molar-refractivity contribution in [2.45, 2.75) is 13.0 Å². The van der Waals surface area contributed by atoms with Crippen molar-refractivity contribution in [3.05, 3.63) is 54.4 Å². The van der Waals surface area contributed by atoms with E-state index in [0.29, 0.717) is 12.1 Å². The van der Waals surface area contributed by atoms with Gasteiger partial charge in [-0.2, -0.15) is 0 Å². The Bertz CT molecular complexity index is 570. The van der Waals surface area contributed by atoms with Gasteiger partial charge in [-0.15, -0.1) is 0 Å². The number of nitrogens with one attached hydrogen (secondary N) is 1. The largest absolute Gasteiger partial charge is 0.497 e. The van der Waals surface area contributed by atoms with Gasteiger partial charge in [-0.3, -0.25) is 9.78 Å². The smallest absolute Gasteiger partial charge is 0.251 e. The van der Waals surface area contributed by atoms with Gasteiger partial charge in [0, 0.05) is 18.0 Å². The second kappa shape index (κ2) is 7.28. The van der Waals surface area contributed by atoms with Crippen LogP contribution in [0.1, 0.15) is 17.3 Å². The average Bonchev–Trinajstić information content (AvgIpc) is 2.54. The van der Waals surface area contributed by atoms with Crippen molar-refractivity contribution in [2.24, 2.45) is 0 Å². The number of benzene rings is 1. The summed E-state index contributed by atoms with van der Waals surface area (Å²) < 4.78 is 10.8. The van der Waals surface area contributed by atoms with Gasteiger partial charge in [0.2, 0.25) is 0 Å². The summed E-state index contributed by atoms with van der Waals surface area (Å²) in [5, 5.41) is 2.83. The van der Waals surface area contributed by atoms with E-state index in [9.17, 15) is 4.79 Å². The van der Waals surface area contributed by atoms with Crippen LogP contribution < -0.4 is 14.8 Å². The van der Waals surface area contributed by atoms with Gasteiger partial charge in [0.1, 0.15) is 17.6 Å². The van der Waals surface area contributed by atoms with Gasteiger partial charge in [0.15, 0.2) is 0 Å². The van der Waals surface area contributed by atoms with Crippen LogP contribution in [0.25, 0.3) is 0 Å². The van der Waals surface area contributed by atoms with Gasteiger partial charge in [0.25, 0.3) is 5.91 Å². The second-order valence-electron chi connectivity index (χ2n) is 4.55. The molecule has 0 unspecified atom stereocenters. The molecule has 0 aliphatic rings. The zero-order valence-corrected chi connectivity index (χ0v) is 12.1. The molecule has 110 valence electrons. The number of hydrogen-bond acceptors (Lipinski definition) is 4. The molecule has 1 N–H and O–H groups in total. The number of amides is 1. The summed E-state index contributed by atoms with van der Waals surface area (Å²) in [6.45, 7) is 2.32. The molecule has 0 saturated heterocycles. The molecule has 0 aliphatic heterocycles. The molecule has 1 aromatic carbocycles.